The second-order valence-corrected chi connectivity index (χ2v) is 4.78. The van der Waals surface area contributed by atoms with Gasteiger partial charge in [-0.3, -0.25) is 4.55 Å². The Balaban J connectivity index is 3.04. The van der Waals surface area contributed by atoms with Crippen LogP contribution in [-0.4, -0.2) is 18.1 Å². The van der Waals surface area contributed by atoms with E-state index in [2.05, 4.69) is 5.11 Å². The number of aromatic hydroxyl groups is 1. The van der Waals surface area contributed by atoms with E-state index < -0.39 is 10.1 Å². The summed E-state index contributed by atoms with van der Waals surface area (Å²) < 4.78 is 31.5. The lowest BCUT2D eigenvalue weighted by molar-refractivity contribution is -0.210. The topological polar surface area (TPSA) is 113 Å². The molecule has 7 heteroatoms. The number of phenols is 1. The predicted octanol–water partition coefficient (Wildman–Crippen LogP) is 0.635. The SMILES string of the molecule is [NH2+]=Nc1cc(S(=O)(=O)O)c2ccccc2c1O. The maximum absolute atomic E-state index is 11.2. The Kier molecular flexibility index (Phi) is 2.56. The van der Waals surface area contributed by atoms with Gasteiger partial charge in [-0.25, -0.2) is 0 Å². The van der Waals surface area contributed by atoms with Crippen molar-refractivity contribution in [1.29, 1.82) is 0 Å². The number of rotatable bonds is 2. The number of phenolic OH excluding ortho intramolecular Hbond substituents is 1. The molecule has 0 unspecified atom stereocenters. The van der Waals surface area contributed by atoms with Gasteiger partial charge in [0.25, 0.3) is 10.1 Å². The molecule has 0 aliphatic carbocycles. The van der Waals surface area contributed by atoms with Crippen LogP contribution in [-0.2, 0) is 10.1 Å². The van der Waals surface area contributed by atoms with Crippen molar-refractivity contribution in [3.63, 3.8) is 0 Å². The molecule has 88 valence electrons. The molecule has 6 nitrogen and oxygen atoms in total. The molecule has 4 N–H and O–H groups in total. The Morgan fingerprint density at radius 3 is 2.29 bits per heavy atom. The first-order valence-electron chi connectivity index (χ1n) is 4.58. The summed E-state index contributed by atoms with van der Waals surface area (Å²) in [6.07, 6.45) is 0. The number of hydrogen-bond acceptors (Lipinski definition) is 4. The molecule has 0 bridgehead atoms. The number of benzene rings is 2. The molecule has 17 heavy (non-hydrogen) atoms. The highest BCUT2D eigenvalue weighted by atomic mass is 32.2. The highest BCUT2D eigenvalue weighted by molar-refractivity contribution is 7.86. The minimum absolute atomic E-state index is 0.101. The van der Waals surface area contributed by atoms with Crippen LogP contribution < -0.4 is 5.53 Å². The minimum Gasteiger partial charge on any atom is -0.505 e. The average molecular weight is 253 g/mol. The van der Waals surface area contributed by atoms with Gasteiger partial charge in [0.15, 0.2) is 11.4 Å². The zero-order valence-electron chi connectivity index (χ0n) is 8.53. The van der Waals surface area contributed by atoms with Crippen LogP contribution in [0.5, 0.6) is 5.75 Å². The van der Waals surface area contributed by atoms with Crippen LogP contribution in [0.25, 0.3) is 10.8 Å². The lowest BCUT2D eigenvalue weighted by Crippen LogP contribution is -2.22. The molecule has 0 aliphatic rings. The summed E-state index contributed by atoms with van der Waals surface area (Å²) in [7, 11) is -4.41. The van der Waals surface area contributed by atoms with E-state index in [1.165, 1.54) is 12.1 Å². The van der Waals surface area contributed by atoms with E-state index in [4.69, 9.17) is 10.1 Å². The summed E-state index contributed by atoms with van der Waals surface area (Å²) in [5.74, 6) is -0.226. The van der Waals surface area contributed by atoms with Crippen molar-refractivity contribution in [3.8, 4) is 5.75 Å². The van der Waals surface area contributed by atoms with Crippen molar-refractivity contribution < 1.29 is 23.6 Å². The van der Waals surface area contributed by atoms with Crippen LogP contribution in [0.4, 0.5) is 5.69 Å². The molecule has 0 aromatic heterocycles. The molecule has 0 saturated carbocycles. The Hall–Kier alpha value is -1.99. The summed E-state index contributed by atoms with van der Waals surface area (Å²) in [4.78, 5) is -0.338. The molecule has 0 saturated heterocycles. The third kappa shape index (κ3) is 1.85. The van der Waals surface area contributed by atoms with Gasteiger partial charge in [0.2, 0.25) is 0 Å². The summed E-state index contributed by atoms with van der Waals surface area (Å²) in [5, 5.41) is 13.5. The van der Waals surface area contributed by atoms with Crippen molar-refractivity contribution >= 4 is 26.6 Å². The Bertz CT molecular complexity index is 710. The van der Waals surface area contributed by atoms with E-state index >= 15 is 0 Å². The summed E-state index contributed by atoms with van der Waals surface area (Å²) in [6, 6.07) is 7.21. The molecule has 0 heterocycles. The third-order valence-corrected chi connectivity index (χ3v) is 3.27. The van der Waals surface area contributed by atoms with Crippen LogP contribution in [0.1, 0.15) is 0 Å². The second-order valence-electron chi connectivity index (χ2n) is 3.39. The molecular weight excluding hydrogens is 244 g/mol. The fourth-order valence-electron chi connectivity index (χ4n) is 1.62. The zero-order valence-corrected chi connectivity index (χ0v) is 9.35. The van der Waals surface area contributed by atoms with Crippen molar-refractivity contribution in [2.24, 2.45) is 5.11 Å². The molecule has 0 amide bonds. The zero-order chi connectivity index (χ0) is 12.6. The second kappa shape index (κ2) is 3.79. The first-order chi connectivity index (χ1) is 7.95. The standard InChI is InChI=1S/C10H8N2O4S/c11-12-8-5-9(17(14,15)16)6-3-1-2-4-7(6)10(8)13/h1-5,11,13H,(H,14,15,16)/p+1. The first-order valence-corrected chi connectivity index (χ1v) is 6.02. The van der Waals surface area contributed by atoms with E-state index in [-0.39, 0.29) is 27.1 Å². The molecule has 2 aromatic carbocycles. The largest absolute Gasteiger partial charge is 0.505 e. The van der Waals surface area contributed by atoms with Gasteiger partial charge in [0.05, 0.1) is 0 Å². The summed E-state index contributed by atoms with van der Waals surface area (Å²) in [6.45, 7) is 0. The number of nitrogens with zero attached hydrogens (tertiary/aromatic N) is 1. The van der Waals surface area contributed by atoms with Gasteiger partial charge < -0.3 is 5.11 Å². The lowest BCUT2D eigenvalue weighted by Gasteiger charge is -2.06. The van der Waals surface area contributed by atoms with E-state index in [0.29, 0.717) is 0 Å². The third-order valence-electron chi connectivity index (χ3n) is 2.38. The fraction of sp³-hybridized carbons (Fsp3) is 0. The number of nitrogens with two attached hydrogens (primary N) is 1. The van der Waals surface area contributed by atoms with E-state index in [0.717, 1.165) is 6.07 Å². The van der Waals surface area contributed by atoms with Gasteiger partial charge in [0, 0.05) is 10.8 Å². The van der Waals surface area contributed by atoms with Gasteiger partial charge in [-0.1, -0.05) is 24.3 Å². The van der Waals surface area contributed by atoms with E-state index in [1.807, 2.05) is 0 Å². The average Bonchev–Trinajstić information content (AvgIpc) is 2.28. The van der Waals surface area contributed by atoms with Crippen molar-refractivity contribution in [2.75, 3.05) is 0 Å². The molecule has 0 aliphatic heterocycles. The molecule has 0 atom stereocenters. The lowest BCUT2D eigenvalue weighted by atomic mass is 10.1. The van der Waals surface area contributed by atoms with E-state index in [1.54, 1.807) is 12.1 Å². The van der Waals surface area contributed by atoms with Crippen LogP contribution >= 0.6 is 0 Å². The van der Waals surface area contributed by atoms with E-state index in [9.17, 15) is 13.5 Å². The van der Waals surface area contributed by atoms with Crippen LogP contribution in [0.2, 0.25) is 0 Å². The predicted molar refractivity (Wildman–Crippen MR) is 59.4 cm³/mol. The van der Waals surface area contributed by atoms with Crippen molar-refractivity contribution in [1.82, 2.24) is 0 Å². The molecule has 0 radical (unpaired) electrons. The quantitative estimate of drug-likeness (QED) is 0.538. The van der Waals surface area contributed by atoms with Gasteiger partial charge in [-0.2, -0.15) is 13.9 Å². The molecule has 2 rings (SSSR count). The maximum Gasteiger partial charge on any atom is 0.295 e. The number of fused-ring (bicyclic) bond motifs is 1. The normalized spacial score (nSPS) is 11.6. The smallest absolute Gasteiger partial charge is 0.295 e. The fourth-order valence-corrected chi connectivity index (χ4v) is 2.34. The molecule has 0 spiro atoms. The van der Waals surface area contributed by atoms with Gasteiger partial charge in [-0.15, -0.1) is 0 Å². The van der Waals surface area contributed by atoms with Crippen molar-refractivity contribution in [3.05, 3.63) is 30.3 Å². The minimum atomic E-state index is -4.41. The molecule has 0 fully saturated rings. The summed E-state index contributed by atoms with van der Waals surface area (Å²) >= 11 is 0. The maximum atomic E-state index is 11.2. The van der Waals surface area contributed by atoms with Crippen LogP contribution in [0.3, 0.4) is 0 Å². The van der Waals surface area contributed by atoms with Gasteiger partial charge in [-0.05, 0) is 11.2 Å². The highest BCUT2D eigenvalue weighted by Gasteiger charge is 2.19. The highest BCUT2D eigenvalue weighted by Crippen LogP contribution is 2.38. The monoisotopic (exact) mass is 253 g/mol. The van der Waals surface area contributed by atoms with Crippen molar-refractivity contribution in [2.45, 2.75) is 4.90 Å². The Morgan fingerprint density at radius 1 is 1.18 bits per heavy atom. The Morgan fingerprint density at radius 2 is 1.76 bits per heavy atom. The first kappa shape index (κ1) is 11.5. The van der Waals surface area contributed by atoms with Gasteiger partial charge in [0.1, 0.15) is 4.90 Å². The number of hydrogen-bond donors (Lipinski definition) is 3. The van der Waals surface area contributed by atoms with Gasteiger partial charge >= 0.3 is 0 Å². The van der Waals surface area contributed by atoms with Crippen LogP contribution in [0, 0.1) is 0 Å². The molecular formula is C10H9N2O4S+. The van der Waals surface area contributed by atoms with Crippen LogP contribution in [0.15, 0.2) is 40.3 Å². The summed E-state index contributed by atoms with van der Waals surface area (Å²) in [5.41, 5.74) is 4.94. The molecule has 2 aromatic rings. The Labute approximate surface area is 96.8 Å².